The molecule has 0 atom stereocenters. The summed E-state index contributed by atoms with van der Waals surface area (Å²) in [6.45, 7) is 0. The molecule has 94 valence electrons. The zero-order valence-electron chi connectivity index (χ0n) is 9.58. The van der Waals surface area contributed by atoms with Gasteiger partial charge in [0.25, 0.3) is 0 Å². The van der Waals surface area contributed by atoms with E-state index in [1.165, 1.54) is 5.56 Å². The number of hydrogen-bond donors (Lipinski definition) is 0. The second-order valence-corrected chi connectivity index (χ2v) is 4.02. The van der Waals surface area contributed by atoms with E-state index < -0.39 is 10.2 Å². The minimum absolute atomic E-state index is 1.23. The number of halogens is 1. The lowest BCUT2D eigenvalue weighted by molar-refractivity contribution is -2.00. The van der Waals surface area contributed by atoms with Gasteiger partial charge in [0.2, 0.25) is 0 Å². The Bertz CT molecular complexity index is 361. The molecule has 0 spiro atoms. The molecule has 1 rings (SSSR count). The Morgan fingerprint density at radius 2 is 1.47 bits per heavy atom. The number of hydrogen-bond acceptors (Lipinski definition) is 4. The summed E-state index contributed by atoms with van der Waals surface area (Å²) in [4.78, 5) is 0. The lowest BCUT2D eigenvalue weighted by Gasteiger charge is -2.17. The van der Waals surface area contributed by atoms with Crippen LogP contribution in [0.15, 0.2) is 36.4 Å². The van der Waals surface area contributed by atoms with E-state index in [4.69, 9.17) is 18.6 Å². The zero-order chi connectivity index (χ0) is 13.3. The molecule has 0 unspecified atom stereocenters. The predicted molar refractivity (Wildman–Crippen MR) is 53.6 cm³/mol. The molecule has 6 heteroatoms. The molecule has 17 heavy (non-hydrogen) atoms. The van der Waals surface area contributed by atoms with Gasteiger partial charge in [-0.3, -0.25) is 0 Å². The monoisotopic (exact) mass is 259 g/mol. The SMILES string of the molecule is C[N+](C)=C/C=C/c1ccccc1.[O-][Cl+3]([O-])([O-])[O-]. The molecular weight excluding hydrogens is 246 g/mol. The van der Waals surface area contributed by atoms with Crippen LogP contribution in [0, 0.1) is 10.2 Å². The van der Waals surface area contributed by atoms with Gasteiger partial charge in [-0.25, -0.2) is 23.2 Å². The van der Waals surface area contributed by atoms with E-state index in [9.17, 15) is 0 Å². The molecule has 0 N–H and O–H groups in total. The highest BCUT2D eigenvalue weighted by atomic mass is 35.7. The van der Waals surface area contributed by atoms with Gasteiger partial charge in [0, 0.05) is 6.08 Å². The van der Waals surface area contributed by atoms with Crippen molar-refractivity contribution in [2.45, 2.75) is 0 Å². The Kier molecular flexibility index (Phi) is 7.36. The first-order chi connectivity index (χ1) is 7.79. The fourth-order valence-electron chi connectivity index (χ4n) is 0.890. The molecule has 0 heterocycles. The Morgan fingerprint density at radius 3 is 1.88 bits per heavy atom. The summed E-state index contributed by atoms with van der Waals surface area (Å²) in [5, 5.41) is 0. The Hall–Kier alpha value is -1.24. The molecule has 0 saturated heterocycles. The highest BCUT2D eigenvalue weighted by Crippen LogP contribution is 1.99. The van der Waals surface area contributed by atoms with Gasteiger partial charge in [0.15, 0.2) is 6.21 Å². The summed E-state index contributed by atoms with van der Waals surface area (Å²) in [5.41, 5.74) is 1.23. The fraction of sp³-hybridized carbons (Fsp3) is 0.182. The highest BCUT2D eigenvalue weighted by molar-refractivity contribution is 5.74. The number of benzene rings is 1. The summed E-state index contributed by atoms with van der Waals surface area (Å²) < 4.78 is 36.0. The van der Waals surface area contributed by atoms with Crippen molar-refractivity contribution in [1.82, 2.24) is 0 Å². The van der Waals surface area contributed by atoms with Gasteiger partial charge in [-0.15, -0.1) is 10.2 Å². The fourth-order valence-corrected chi connectivity index (χ4v) is 0.890. The van der Waals surface area contributed by atoms with E-state index >= 15 is 0 Å². The van der Waals surface area contributed by atoms with E-state index in [1.807, 2.05) is 49.2 Å². The van der Waals surface area contributed by atoms with E-state index in [2.05, 4.69) is 18.2 Å². The Balaban J connectivity index is 0.000000437. The maximum atomic E-state index is 8.49. The van der Waals surface area contributed by atoms with E-state index in [0.29, 0.717) is 0 Å². The number of nitrogens with zero attached hydrogens (tertiary/aromatic N) is 1. The van der Waals surface area contributed by atoms with Crippen LogP contribution >= 0.6 is 0 Å². The first kappa shape index (κ1) is 15.8. The van der Waals surface area contributed by atoms with Crippen LogP contribution in [0.25, 0.3) is 6.08 Å². The third-order valence-corrected chi connectivity index (χ3v) is 1.47. The maximum absolute atomic E-state index is 8.49. The van der Waals surface area contributed by atoms with Crippen LogP contribution in [-0.2, 0) is 0 Å². The Labute approximate surface area is 102 Å². The smallest absolute Gasteiger partial charge is 0.162 e. The maximum Gasteiger partial charge on any atom is 0.162 e. The van der Waals surface area contributed by atoms with Gasteiger partial charge in [-0.2, -0.15) is 0 Å². The van der Waals surface area contributed by atoms with Gasteiger partial charge in [0.05, 0.1) is 0 Å². The molecule has 1 aromatic rings. The largest absolute Gasteiger partial charge is 0.241 e. The van der Waals surface area contributed by atoms with Crippen molar-refractivity contribution in [3.63, 3.8) is 0 Å². The first-order valence-corrected chi connectivity index (χ1v) is 5.87. The minimum atomic E-state index is -4.94. The van der Waals surface area contributed by atoms with Crippen LogP contribution in [-0.4, -0.2) is 24.9 Å². The molecule has 0 aliphatic carbocycles. The summed E-state index contributed by atoms with van der Waals surface area (Å²) in [6.07, 6.45) is 6.14. The second kappa shape index (κ2) is 7.94. The molecule has 0 bridgehead atoms. The van der Waals surface area contributed by atoms with E-state index in [1.54, 1.807) is 0 Å². The molecule has 0 saturated carbocycles. The molecular formula is C11H14ClNO4. The number of allylic oxidation sites excluding steroid dienone is 1. The molecule has 0 amide bonds. The van der Waals surface area contributed by atoms with Gasteiger partial charge < -0.3 is 0 Å². The topological polar surface area (TPSA) is 95.2 Å². The van der Waals surface area contributed by atoms with Crippen LogP contribution in [0.4, 0.5) is 0 Å². The molecule has 1 aromatic carbocycles. The average Bonchev–Trinajstić information content (AvgIpc) is 2.16. The van der Waals surface area contributed by atoms with Crippen molar-refractivity contribution >= 4 is 12.3 Å². The van der Waals surface area contributed by atoms with Gasteiger partial charge in [-0.05, 0) is 11.6 Å². The molecule has 0 fully saturated rings. The third-order valence-electron chi connectivity index (χ3n) is 1.47. The van der Waals surface area contributed by atoms with Gasteiger partial charge in [-0.1, -0.05) is 30.3 Å². The van der Waals surface area contributed by atoms with Crippen LogP contribution < -0.4 is 18.6 Å². The molecule has 0 aliphatic rings. The van der Waals surface area contributed by atoms with Crippen molar-refractivity contribution in [3.8, 4) is 0 Å². The van der Waals surface area contributed by atoms with Crippen LogP contribution in [0.5, 0.6) is 0 Å². The van der Waals surface area contributed by atoms with Crippen molar-refractivity contribution in [1.29, 1.82) is 0 Å². The van der Waals surface area contributed by atoms with Crippen LogP contribution in [0.2, 0.25) is 0 Å². The normalized spacial score (nSPS) is 10.7. The summed E-state index contributed by atoms with van der Waals surface area (Å²) in [7, 11) is -0.926. The van der Waals surface area contributed by atoms with Crippen LogP contribution in [0.1, 0.15) is 5.56 Å². The first-order valence-electron chi connectivity index (χ1n) is 4.64. The molecule has 5 nitrogen and oxygen atoms in total. The quantitative estimate of drug-likeness (QED) is 0.426. The molecule has 0 aromatic heterocycles. The lowest BCUT2D eigenvalue weighted by Crippen LogP contribution is -2.68. The van der Waals surface area contributed by atoms with Crippen LogP contribution in [0.3, 0.4) is 0 Å². The molecule has 0 radical (unpaired) electrons. The second-order valence-electron chi connectivity index (χ2n) is 3.26. The predicted octanol–water partition coefficient (Wildman–Crippen LogP) is -2.71. The highest BCUT2D eigenvalue weighted by Gasteiger charge is 1.84. The summed E-state index contributed by atoms with van der Waals surface area (Å²) >= 11 is 0. The van der Waals surface area contributed by atoms with Crippen molar-refractivity contribution in [2.75, 3.05) is 14.1 Å². The van der Waals surface area contributed by atoms with E-state index in [0.717, 1.165) is 0 Å². The Morgan fingerprint density at radius 1 is 1.00 bits per heavy atom. The van der Waals surface area contributed by atoms with Crippen molar-refractivity contribution in [2.24, 2.45) is 0 Å². The summed E-state index contributed by atoms with van der Waals surface area (Å²) in [5.74, 6) is 0. The van der Waals surface area contributed by atoms with E-state index in [-0.39, 0.29) is 0 Å². The molecule has 0 aliphatic heterocycles. The van der Waals surface area contributed by atoms with Gasteiger partial charge in [0.1, 0.15) is 14.1 Å². The standard InChI is InChI=1S/C11H14N.ClHO4/c1-12(2)10-6-9-11-7-4-3-5-8-11;2-1(3,4)5/h3-10H,1-2H3;(H,2,3,4,5)/q+1;/p-1/b9-6+;. The lowest BCUT2D eigenvalue weighted by atomic mass is 10.2. The minimum Gasteiger partial charge on any atom is -0.241 e. The van der Waals surface area contributed by atoms with Crippen molar-refractivity contribution in [3.05, 3.63) is 42.0 Å². The third kappa shape index (κ3) is 14.8. The average molecular weight is 260 g/mol. The summed E-state index contributed by atoms with van der Waals surface area (Å²) in [6, 6.07) is 10.3. The van der Waals surface area contributed by atoms with Crippen molar-refractivity contribution < 1.29 is 33.5 Å². The van der Waals surface area contributed by atoms with Gasteiger partial charge >= 0.3 is 0 Å². The zero-order valence-corrected chi connectivity index (χ0v) is 10.3. The number of rotatable bonds is 2.